The van der Waals surface area contributed by atoms with Crippen LogP contribution >= 0.6 is 0 Å². The Morgan fingerprint density at radius 1 is 1.19 bits per heavy atom. The number of H-pyrrole nitrogens is 2. The average Bonchev–Trinajstić information content (AvgIpc) is 2.86. The normalized spacial score (nSPS) is 17.8. The minimum atomic E-state index is -0.236. The van der Waals surface area contributed by atoms with Crippen molar-refractivity contribution in [2.75, 3.05) is 18.4 Å². The summed E-state index contributed by atoms with van der Waals surface area (Å²) >= 11 is 0. The van der Waals surface area contributed by atoms with Crippen molar-refractivity contribution in [3.05, 3.63) is 28.7 Å². The molecule has 4 N–H and O–H groups in total. The number of quaternary nitrogens is 1. The van der Waals surface area contributed by atoms with Crippen molar-refractivity contribution in [2.45, 2.75) is 32.2 Å². The molecular weight excluding hydrogens is 268 g/mol. The molecule has 1 aliphatic rings. The Kier molecular flexibility index (Phi) is 3.79. The van der Waals surface area contributed by atoms with Gasteiger partial charge >= 0.3 is 5.69 Å². The lowest BCUT2D eigenvalue weighted by Crippen LogP contribution is -3.17. The fraction of sp³-hybridized carbons (Fsp3) is 0.467. The third kappa shape index (κ3) is 3.00. The molecule has 6 nitrogen and oxygen atoms in total. The Morgan fingerprint density at radius 3 is 2.67 bits per heavy atom. The van der Waals surface area contributed by atoms with Gasteiger partial charge in [-0.05, 0) is 44.4 Å². The molecule has 2 aromatic rings. The van der Waals surface area contributed by atoms with Crippen LogP contribution in [0.2, 0.25) is 0 Å². The first-order valence-corrected chi connectivity index (χ1v) is 7.51. The summed E-state index contributed by atoms with van der Waals surface area (Å²) in [6.45, 7) is 4.12. The number of hydrogen-bond acceptors (Lipinski definition) is 2. The van der Waals surface area contributed by atoms with Crippen molar-refractivity contribution in [1.29, 1.82) is 0 Å². The van der Waals surface area contributed by atoms with Crippen LogP contribution in [0.25, 0.3) is 11.0 Å². The maximum Gasteiger partial charge on any atom is 0.323 e. The van der Waals surface area contributed by atoms with Crippen molar-refractivity contribution in [1.82, 2.24) is 9.97 Å². The van der Waals surface area contributed by atoms with Crippen molar-refractivity contribution in [3.8, 4) is 0 Å². The summed E-state index contributed by atoms with van der Waals surface area (Å²) in [7, 11) is 0. The van der Waals surface area contributed by atoms with Crippen molar-refractivity contribution >= 4 is 22.6 Å². The van der Waals surface area contributed by atoms with Crippen molar-refractivity contribution < 1.29 is 9.69 Å². The molecule has 2 heterocycles. The first-order chi connectivity index (χ1) is 10.1. The van der Waals surface area contributed by atoms with Crippen LogP contribution in [0.1, 0.15) is 26.2 Å². The van der Waals surface area contributed by atoms with Crippen molar-refractivity contribution in [2.24, 2.45) is 0 Å². The lowest BCUT2D eigenvalue weighted by Gasteiger charge is -2.28. The zero-order chi connectivity index (χ0) is 14.8. The molecule has 112 valence electrons. The molecule has 0 unspecified atom stereocenters. The van der Waals surface area contributed by atoms with Gasteiger partial charge in [-0.1, -0.05) is 0 Å². The third-order valence-corrected chi connectivity index (χ3v) is 4.28. The number of amides is 1. The second-order valence-corrected chi connectivity index (χ2v) is 5.77. The number of imidazole rings is 1. The van der Waals surface area contributed by atoms with Crippen LogP contribution in [0, 0.1) is 0 Å². The third-order valence-electron chi connectivity index (χ3n) is 4.28. The fourth-order valence-corrected chi connectivity index (χ4v) is 2.99. The SMILES string of the molecule is C[C@H](C(=O)Nc1ccc2[nH]c(=O)[nH]c2c1)[NH+]1CCCCC1. The largest absolute Gasteiger partial charge is 0.325 e. The summed E-state index contributed by atoms with van der Waals surface area (Å²) in [6, 6.07) is 5.33. The summed E-state index contributed by atoms with van der Waals surface area (Å²) in [6.07, 6.45) is 3.67. The first kappa shape index (κ1) is 13.9. The average molecular weight is 289 g/mol. The van der Waals surface area contributed by atoms with Gasteiger partial charge in [0.15, 0.2) is 6.04 Å². The maximum atomic E-state index is 12.3. The van der Waals surface area contributed by atoms with Gasteiger partial charge in [0.25, 0.3) is 5.91 Å². The van der Waals surface area contributed by atoms with Crippen molar-refractivity contribution in [3.63, 3.8) is 0 Å². The minimum absolute atomic E-state index is 0.0316. The van der Waals surface area contributed by atoms with E-state index in [9.17, 15) is 9.59 Å². The topological polar surface area (TPSA) is 82.2 Å². The number of aromatic nitrogens is 2. The van der Waals surface area contributed by atoms with Gasteiger partial charge in [0, 0.05) is 5.69 Å². The molecule has 1 aromatic carbocycles. The van der Waals surface area contributed by atoms with Crippen LogP contribution in [0.5, 0.6) is 0 Å². The predicted molar refractivity (Wildman–Crippen MR) is 81.6 cm³/mol. The minimum Gasteiger partial charge on any atom is -0.325 e. The number of anilines is 1. The number of likely N-dealkylation sites (tertiary alicyclic amines) is 1. The van der Waals surface area contributed by atoms with Crippen LogP contribution in [-0.2, 0) is 4.79 Å². The molecule has 6 heteroatoms. The lowest BCUT2D eigenvalue weighted by molar-refractivity contribution is -0.918. The Morgan fingerprint density at radius 2 is 1.90 bits per heavy atom. The van der Waals surface area contributed by atoms with Crippen LogP contribution < -0.4 is 15.9 Å². The Hall–Kier alpha value is -2.08. The van der Waals surface area contributed by atoms with Gasteiger partial charge < -0.3 is 20.2 Å². The zero-order valence-electron chi connectivity index (χ0n) is 12.2. The molecule has 0 saturated carbocycles. The fourth-order valence-electron chi connectivity index (χ4n) is 2.99. The number of hydrogen-bond donors (Lipinski definition) is 4. The molecule has 1 saturated heterocycles. The molecule has 1 amide bonds. The summed E-state index contributed by atoms with van der Waals surface area (Å²) in [5, 5.41) is 2.94. The molecule has 3 rings (SSSR count). The number of piperidine rings is 1. The standard InChI is InChI=1S/C15H20N4O2/c1-10(19-7-3-2-4-8-19)14(20)16-11-5-6-12-13(9-11)18-15(21)17-12/h5-6,9-10H,2-4,7-8H2,1H3,(H,16,20)(H2,17,18,21)/p+1/t10-/m1/s1. The van der Waals surface area contributed by atoms with Gasteiger partial charge in [-0.2, -0.15) is 0 Å². The van der Waals surface area contributed by atoms with E-state index in [0.29, 0.717) is 11.2 Å². The van der Waals surface area contributed by atoms with Crippen LogP contribution in [0.15, 0.2) is 23.0 Å². The van der Waals surface area contributed by atoms with Crippen LogP contribution in [-0.4, -0.2) is 35.0 Å². The summed E-state index contributed by atoms with van der Waals surface area (Å²) in [5.74, 6) is 0.0316. The van der Waals surface area contributed by atoms with E-state index < -0.39 is 0 Å². The number of fused-ring (bicyclic) bond motifs is 1. The Balaban J connectivity index is 1.71. The summed E-state index contributed by atoms with van der Waals surface area (Å²) in [4.78, 5) is 30.3. The highest BCUT2D eigenvalue weighted by Gasteiger charge is 2.26. The van der Waals surface area contributed by atoms with E-state index in [4.69, 9.17) is 0 Å². The highest BCUT2D eigenvalue weighted by molar-refractivity contribution is 5.95. The van der Waals surface area contributed by atoms with Gasteiger partial charge in [0.1, 0.15) is 0 Å². The molecule has 1 fully saturated rings. The molecule has 1 aromatic heterocycles. The second kappa shape index (κ2) is 5.73. The summed E-state index contributed by atoms with van der Waals surface area (Å²) in [5.41, 5.74) is 1.93. The highest BCUT2D eigenvalue weighted by Crippen LogP contribution is 2.14. The molecule has 1 aliphatic heterocycles. The number of nitrogens with one attached hydrogen (secondary N) is 4. The number of aromatic amines is 2. The molecule has 1 atom stereocenters. The molecule has 0 aliphatic carbocycles. The smallest absolute Gasteiger partial charge is 0.323 e. The van der Waals surface area contributed by atoms with Gasteiger partial charge in [0.05, 0.1) is 24.1 Å². The van der Waals surface area contributed by atoms with Gasteiger partial charge in [-0.15, -0.1) is 0 Å². The first-order valence-electron chi connectivity index (χ1n) is 7.51. The molecule has 21 heavy (non-hydrogen) atoms. The van der Waals surface area contributed by atoms with Gasteiger partial charge in [0.2, 0.25) is 0 Å². The van der Waals surface area contributed by atoms with E-state index in [1.54, 1.807) is 12.1 Å². The predicted octanol–water partition coefficient (Wildman–Crippen LogP) is 0.252. The quantitative estimate of drug-likeness (QED) is 0.653. The van der Waals surface area contributed by atoms with Gasteiger partial charge in [-0.3, -0.25) is 4.79 Å². The second-order valence-electron chi connectivity index (χ2n) is 5.77. The molecule has 0 spiro atoms. The lowest BCUT2D eigenvalue weighted by atomic mass is 10.1. The number of carbonyl (C=O) groups is 1. The number of rotatable bonds is 3. The van der Waals surface area contributed by atoms with E-state index in [2.05, 4.69) is 15.3 Å². The van der Waals surface area contributed by atoms with Gasteiger partial charge in [-0.25, -0.2) is 4.79 Å². The van der Waals surface area contributed by atoms with Crippen LogP contribution in [0.4, 0.5) is 5.69 Å². The maximum absolute atomic E-state index is 12.3. The molecule has 0 bridgehead atoms. The molecule has 0 radical (unpaired) electrons. The highest BCUT2D eigenvalue weighted by atomic mass is 16.2. The Labute approximate surface area is 122 Å². The van der Waals surface area contributed by atoms with E-state index in [0.717, 1.165) is 18.6 Å². The number of benzene rings is 1. The monoisotopic (exact) mass is 289 g/mol. The summed E-state index contributed by atoms with van der Waals surface area (Å²) < 4.78 is 0. The van der Waals surface area contributed by atoms with E-state index in [1.165, 1.54) is 24.2 Å². The van der Waals surface area contributed by atoms with E-state index in [-0.39, 0.29) is 17.6 Å². The van der Waals surface area contributed by atoms with E-state index in [1.807, 2.05) is 13.0 Å². The van der Waals surface area contributed by atoms with Crippen LogP contribution in [0.3, 0.4) is 0 Å². The molecular formula is C15H21N4O2+. The van der Waals surface area contributed by atoms with E-state index >= 15 is 0 Å². The zero-order valence-corrected chi connectivity index (χ0v) is 12.2. The Bertz CT molecular complexity index is 697. The number of carbonyl (C=O) groups excluding carboxylic acids is 1.